The third kappa shape index (κ3) is 3.23. The molecule has 1 unspecified atom stereocenters. The fraction of sp³-hybridized carbons (Fsp3) is 0.154. The summed E-state index contributed by atoms with van der Waals surface area (Å²) >= 11 is 3.18. The molecular weight excluding hydrogens is 334 g/mol. The molecule has 1 aromatic heterocycles. The number of hydrogen-bond donors (Lipinski definition) is 3. The van der Waals surface area contributed by atoms with Crippen molar-refractivity contribution in [3.63, 3.8) is 0 Å². The maximum absolute atomic E-state index is 13.4. The Morgan fingerprint density at radius 2 is 2.05 bits per heavy atom. The predicted octanol–water partition coefficient (Wildman–Crippen LogP) is 2.52. The van der Waals surface area contributed by atoms with E-state index in [1.807, 2.05) is 0 Å². The van der Waals surface area contributed by atoms with Gasteiger partial charge in [-0.1, -0.05) is 6.07 Å². The number of nitrogens with one attached hydrogen (secondary N) is 2. The highest BCUT2D eigenvalue weighted by molar-refractivity contribution is 9.10. The van der Waals surface area contributed by atoms with Crippen LogP contribution in [0, 0.1) is 11.6 Å². The van der Waals surface area contributed by atoms with Crippen molar-refractivity contribution in [2.45, 2.75) is 6.10 Å². The highest BCUT2D eigenvalue weighted by atomic mass is 79.9. The Bertz CT molecular complexity index is 610. The number of carbonyl (C=O) groups excluding carboxylic acids is 1. The molecule has 1 atom stereocenters. The van der Waals surface area contributed by atoms with E-state index in [4.69, 9.17) is 0 Å². The Morgan fingerprint density at radius 1 is 1.40 bits per heavy atom. The summed E-state index contributed by atoms with van der Waals surface area (Å²) in [5.41, 5.74) is -0.182. The first-order valence-corrected chi connectivity index (χ1v) is 6.52. The third-order valence-corrected chi connectivity index (χ3v) is 3.14. The summed E-state index contributed by atoms with van der Waals surface area (Å²) in [6.07, 6.45) is 0.112. The van der Waals surface area contributed by atoms with Crippen LogP contribution in [0.5, 0.6) is 0 Å². The second-order valence-corrected chi connectivity index (χ2v) is 5.01. The largest absolute Gasteiger partial charge is 0.386 e. The van der Waals surface area contributed by atoms with Gasteiger partial charge in [-0.2, -0.15) is 0 Å². The van der Waals surface area contributed by atoms with Gasteiger partial charge in [-0.3, -0.25) is 4.79 Å². The van der Waals surface area contributed by atoms with Gasteiger partial charge in [-0.15, -0.1) is 0 Å². The molecule has 2 aromatic rings. The van der Waals surface area contributed by atoms with Crippen LogP contribution in [0.15, 0.2) is 34.9 Å². The summed E-state index contributed by atoms with van der Waals surface area (Å²) in [5, 5.41) is 12.2. The number of aromatic amines is 1. The number of H-pyrrole nitrogens is 1. The molecule has 7 heteroatoms. The lowest BCUT2D eigenvalue weighted by atomic mass is 10.1. The van der Waals surface area contributed by atoms with Crippen LogP contribution in [0.1, 0.15) is 22.2 Å². The van der Waals surface area contributed by atoms with Crippen LogP contribution in [0.4, 0.5) is 8.78 Å². The molecule has 4 nitrogen and oxygen atoms in total. The van der Waals surface area contributed by atoms with E-state index < -0.39 is 29.2 Å². The fourth-order valence-electron chi connectivity index (χ4n) is 1.71. The highest BCUT2D eigenvalue weighted by Crippen LogP contribution is 2.20. The smallest absolute Gasteiger partial charge is 0.267 e. The lowest BCUT2D eigenvalue weighted by Crippen LogP contribution is -2.29. The monoisotopic (exact) mass is 344 g/mol. The summed E-state index contributed by atoms with van der Waals surface area (Å²) in [7, 11) is 0. The Balaban J connectivity index is 2.02. The van der Waals surface area contributed by atoms with Crippen molar-refractivity contribution in [3.8, 4) is 0 Å². The van der Waals surface area contributed by atoms with Crippen LogP contribution >= 0.6 is 15.9 Å². The first-order chi connectivity index (χ1) is 9.49. The number of halogens is 3. The zero-order valence-electron chi connectivity index (χ0n) is 10.2. The topological polar surface area (TPSA) is 65.1 Å². The zero-order valence-corrected chi connectivity index (χ0v) is 11.7. The lowest BCUT2D eigenvalue weighted by Gasteiger charge is -2.13. The second kappa shape index (κ2) is 6.15. The number of amides is 1. The number of carbonyl (C=O) groups is 1. The number of aromatic nitrogens is 1. The molecule has 1 heterocycles. The Morgan fingerprint density at radius 3 is 2.60 bits per heavy atom. The van der Waals surface area contributed by atoms with Crippen molar-refractivity contribution < 1.29 is 18.7 Å². The van der Waals surface area contributed by atoms with E-state index in [0.717, 1.165) is 12.1 Å². The average Bonchev–Trinajstić information content (AvgIpc) is 2.82. The normalized spacial score (nSPS) is 12.2. The number of aliphatic hydroxyl groups is 1. The summed E-state index contributed by atoms with van der Waals surface area (Å²) in [6, 6.07) is 4.85. The van der Waals surface area contributed by atoms with Gasteiger partial charge < -0.3 is 15.4 Å². The molecule has 1 aromatic carbocycles. The van der Waals surface area contributed by atoms with E-state index >= 15 is 0 Å². The van der Waals surface area contributed by atoms with E-state index in [2.05, 4.69) is 26.2 Å². The standard InChI is InChI=1S/C13H11BrF2N2O2/c14-7-4-10(17-5-7)13(20)18-6-11(19)12-8(15)2-1-3-9(12)16/h1-5,11,17,19H,6H2,(H,18,20). The third-order valence-electron chi connectivity index (χ3n) is 2.68. The summed E-state index contributed by atoms with van der Waals surface area (Å²) < 4.78 is 27.6. The number of aliphatic hydroxyl groups excluding tert-OH is 1. The van der Waals surface area contributed by atoms with Gasteiger partial charge in [0.05, 0.1) is 5.56 Å². The first-order valence-electron chi connectivity index (χ1n) is 5.73. The maximum atomic E-state index is 13.4. The van der Waals surface area contributed by atoms with Crippen LogP contribution in [0.25, 0.3) is 0 Å². The van der Waals surface area contributed by atoms with Crippen molar-refractivity contribution in [3.05, 3.63) is 57.8 Å². The van der Waals surface area contributed by atoms with E-state index in [1.54, 1.807) is 12.3 Å². The van der Waals surface area contributed by atoms with E-state index in [9.17, 15) is 18.7 Å². The molecule has 106 valence electrons. The minimum absolute atomic E-state index is 0.276. The molecule has 0 bridgehead atoms. The van der Waals surface area contributed by atoms with Crippen LogP contribution in [-0.2, 0) is 0 Å². The molecule has 2 rings (SSSR count). The van der Waals surface area contributed by atoms with Gasteiger partial charge in [0.1, 0.15) is 23.4 Å². The Kier molecular flexibility index (Phi) is 4.51. The molecule has 0 aliphatic heterocycles. The van der Waals surface area contributed by atoms with Crippen molar-refractivity contribution in [1.82, 2.24) is 10.3 Å². The Hall–Kier alpha value is -1.73. The quantitative estimate of drug-likeness (QED) is 0.797. The second-order valence-electron chi connectivity index (χ2n) is 4.09. The molecule has 20 heavy (non-hydrogen) atoms. The van der Waals surface area contributed by atoms with Crippen LogP contribution in [-0.4, -0.2) is 22.5 Å². The molecular formula is C13H11BrF2N2O2. The minimum Gasteiger partial charge on any atom is -0.386 e. The van der Waals surface area contributed by atoms with Crippen LogP contribution in [0.3, 0.4) is 0 Å². The molecule has 0 saturated carbocycles. The van der Waals surface area contributed by atoms with E-state index in [0.29, 0.717) is 4.47 Å². The zero-order chi connectivity index (χ0) is 14.7. The summed E-state index contributed by atoms with van der Waals surface area (Å²) in [6.45, 7) is -0.298. The van der Waals surface area contributed by atoms with Gasteiger partial charge in [-0.05, 0) is 34.1 Å². The first kappa shape index (κ1) is 14.7. The van der Waals surface area contributed by atoms with E-state index in [-0.39, 0.29) is 12.2 Å². The molecule has 0 aliphatic carbocycles. The van der Waals surface area contributed by atoms with Crippen molar-refractivity contribution in [1.29, 1.82) is 0 Å². The molecule has 0 fully saturated rings. The van der Waals surface area contributed by atoms with Gasteiger partial charge in [0.25, 0.3) is 5.91 Å². The minimum atomic E-state index is -1.46. The van der Waals surface area contributed by atoms with Gasteiger partial charge in [0, 0.05) is 17.2 Å². The van der Waals surface area contributed by atoms with Gasteiger partial charge in [0.2, 0.25) is 0 Å². The van der Waals surface area contributed by atoms with Crippen molar-refractivity contribution in [2.75, 3.05) is 6.54 Å². The number of rotatable bonds is 4. The average molecular weight is 345 g/mol. The fourth-order valence-corrected chi connectivity index (χ4v) is 2.06. The molecule has 0 aliphatic rings. The molecule has 0 spiro atoms. The molecule has 0 saturated heterocycles. The molecule has 3 N–H and O–H groups in total. The summed E-state index contributed by atoms with van der Waals surface area (Å²) in [5.74, 6) is -2.18. The number of benzene rings is 1. The van der Waals surface area contributed by atoms with Crippen LogP contribution in [0.2, 0.25) is 0 Å². The predicted molar refractivity (Wildman–Crippen MR) is 72.1 cm³/mol. The van der Waals surface area contributed by atoms with Gasteiger partial charge in [-0.25, -0.2) is 8.78 Å². The van der Waals surface area contributed by atoms with Crippen LogP contribution < -0.4 is 5.32 Å². The van der Waals surface area contributed by atoms with Crippen molar-refractivity contribution in [2.24, 2.45) is 0 Å². The summed E-state index contributed by atoms with van der Waals surface area (Å²) in [4.78, 5) is 14.4. The van der Waals surface area contributed by atoms with E-state index in [1.165, 1.54) is 6.07 Å². The number of hydrogen-bond acceptors (Lipinski definition) is 2. The molecule has 0 radical (unpaired) electrons. The molecule has 1 amide bonds. The van der Waals surface area contributed by atoms with Gasteiger partial charge >= 0.3 is 0 Å². The maximum Gasteiger partial charge on any atom is 0.267 e. The lowest BCUT2D eigenvalue weighted by molar-refractivity contribution is 0.0907. The van der Waals surface area contributed by atoms with Gasteiger partial charge in [0.15, 0.2) is 0 Å². The Labute approximate surface area is 121 Å². The SMILES string of the molecule is O=C(NCC(O)c1c(F)cccc1F)c1cc(Br)c[nH]1. The van der Waals surface area contributed by atoms with Crippen molar-refractivity contribution >= 4 is 21.8 Å². The highest BCUT2D eigenvalue weighted by Gasteiger charge is 2.19.